The highest BCUT2D eigenvalue weighted by Crippen LogP contribution is 2.16. The van der Waals surface area contributed by atoms with Gasteiger partial charge >= 0.3 is 5.97 Å². The van der Waals surface area contributed by atoms with Crippen LogP contribution in [0.15, 0.2) is 24.3 Å². The van der Waals surface area contributed by atoms with Crippen LogP contribution < -0.4 is 10.1 Å². The Balaban J connectivity index is 0.00000264. The van der Waals surface area contributed by atoms with Crippen molar-refractivity contribution in [3.05, 3.63) is 29.8 Å². The van der Waals surface area contributed by atoms with E-state index in [1.165, 1.54) is 18.4 Å². The SMILES string of the molecule is CCOC(=O)COc1ccc(CN2CCCC(NC)C2)cc1.Cl. The van der Waals surface area contributed by atoms with Crippen molar-refractivity contribution in [1.82, 2.24) is 10.2 Å². The first-order valence-corrected chi connectivity index (χ1v) is 7.98. The van der Waals surface area contributed by atoms with E-state index < -0.39 is 0 Å². The summed E-state index contributed by atoms with van der Waals surface area (Å²) in [6.45, 7) is 5.33. The summed E-state index contributed by atoms with van der Waals surface area (Å²) in [6.07, 6.45) is 2.50. The maximum atomic E-state index is 11.2. The van der Waals surface area contributed by atoms with Crippen molar-refractivity contribution in [2.45, 2.75) is 32.4 Å². The highest BCUT2D eigenvalue weighted by Gasteiger charge is 2.18. The zero-order valence-electron chi connectivity index (χ0n) is 13.9. The number of carbonyl (C=O) groups excluding carboxylic acids is 1. The normalized spacial score (nSPS) is 18.1. The fourth-order valence-corrected chi connectivity index (χ4v) is 2.73. The lowest BCUT2D eigenvalue weighted by molar-refractivity contribution is -0.145. The van der Waals surface area contributed by atoms with Crippen LogP contribution in [0.5, 0.6) is 5.75 Å². The van der Waals surface area contributed by atoms with Gasteiger partial charge in [-0.3, -0.25) is 4.90 Å². The van der Waals surface area contributed by atoms with Crippen molar-refractivity contribution < 1.29 is 14.3 Å². The Morgan fingerprint density at radius 1 is 1.35 bits per heavy atom. The molecule has 1 saturated heterocycles. The van der Waals surface area contributed by atoms with Gasteiger partial charge in [-0.2, -0.15) is 0 Å². The third-order valence-corrected chi connectivity index (χ3v) is 3.91. The standard InChI is InChI=1S/C17H26N2O3.ClH/c1-3-21-17(20)13-22-16-8-6-14(7-9-16)11-19-10-4-5-15(12-19)18-2;/h6-9,15,18H,3-5,10-13H2,1-2H3;1H. The number of ether oxygens (including phenoxy) is 2. The van der Waals surface area contributed by atoms with Crippen LogP contribution in [0.25, 0.3) is 0 Å². The van der Waals surface area contributed by atoms with Gasteiger partial charge in [-0.05, 0) is 51.1 Å². The van der Waals surface area contributed by atoms with Crippen molar-refractivity contribution in [2.75, 3.05) is 33.4 Å². The Kier molecular flexibility index (Phi) is 8.99. The fraction of sp³-hybridized carbons (Fsp3) is 0.588. The lowest BCUT2D eigenvalue weighted by atomic mass is 10.1. The molecule has 1 heterocycles. The van der Waals surface area contributed by atoms with Crippen LogP contribution in [0.2, 0.25) is 0 Å². The van der Waals surface area contributed by atoms with E-state index in [0.717, 1.165) is 19.6 Å². The molecule has 0 amide bonds. The first-order chi connectivity index (χ1) is 10.7. The summed E-state index contributed by atoms with van der Waals surface area (Å²) in [7, 11) is 2.03. The highest BCUT2D eigenvalue weighted by molar-refractivity contribution is 5.85. The lowest BCUT2D eigenvalue weighted by Gasteiger charge is -2.32. The van der Waals surface area contributed by atoms with E-state index >= 15 is 0 Å². The average molecular weight is 343 g/mol. The average Bonchev–Trinajstić information content (AvgIpc) is 2.55. The van der Waals surface area contributed by atoms with Gasteiger partial charge in [-0.25, -0.2) is 4.79 Å². The molecular weight excluding hydrogens is 316 g/mol. The topological polar surface area (TPSA) is 50.8 Å². The molecule has 1 fully saturated rings. The van der Waals surface area contributed by atoms with Gasteiger partial charge < -0.3 is 14.8 Å². The molecule has 1 aromatic carbocycles. The summed E-state index contributed by atoms with van der Waals surface area (Å²) in [5, 5.41) is 3.36. The van der Waals surface area contributed by atoms with Gasteiger partial charge in [0.1, 0.15) is 5.75 Å². The minimum Gasteiger partial charge on any atom is -0.482 e. The van der Waals surface area contributed by atoms with E-state index in [0.29, 0.717) is 18.4 Å². The monoisotopic (exact) mass is 342 g/mol. The summed E-state index contributed by atoms with van der Waals surface area (Å²) in [5.41, 5.74) is 1.26. The van der Waals surface area contributed by atoms with Crippen molar-refractivity contribution in [1.29, 1.82) is 0 Å². The van der Waals surface area contributed by atoms with Crippen LogP contribution in [0.4, 0.5) is 0 Å². The van der Waals surface area contributed by atoms with Gasteiger partial charge in [0, 0.05) is 19.1 Å². The summed E-state index contributed by atoms with van der Waals surface area (Å²) in [4.78, 5) is 13.7. The number of esters is 1. The van der Waals surface area contributed by atoms with Crippen molar-refractivity contribution in [3.63, 3.8) is 0 Å². The molecular formula is C17H27ClN2O3. The molecule has 0 aromatic heterocycles. The minimum atomic E-state index is -0.335. The number of likely N-dealkylation sites (tertiary alicyclic amines) is 1. The number of rotatable bonds is 7. The molecule has 1 aliphatic heterocycles. The second-order valence-corrected chi connectivity index (χ2v) is 5.60. The van der Waals surface area contributed by atoms with Gasteiger partial charge in [0.05, 0.1) is 6.61 Å². The molecule has 1 aromatic rings. The number of nitrogens with zero attached hydrogens (tertiary/aromatic N) is 1. The van der Waals surface area contributed by atoms with Crippen LogP contribution in [-0.2, 0) is 16.1 Å². The molecule has 5 nitrogen and oxygen atoms in total. The van der Waals surface area contributed by atoms with Crippen molar-refractivity contribution in [3.8, 4) is 5.75 Å². The molecule has 1 unspecified atom stereocenters. The van der Waals surface area contributed by atoms with Crippen LogP contribution in [-0.4, -0.2) is 50.3 Å². The summed E-state index contributed by atoms with van der Waals surface area (Å²) in [6, 6.07) is 8.54. The number of hydrogen-bond donors (Lipinski definition) is 1. The number of likely N-dealkylation sites (N-methyl/N-ethyl adjacent to an activating group) is 1. The minimum absolute atomic E-state index is 0. The molecule has 0 aliphatic carbocycles. The number of halogens is 1. The lowest BCUT2D eigenvalue weighted by Crippen LogP contribution is -2.43. The second kappa shape index (κ2) is 10.5. The molecule has 0 spiro atoms. The largest absolute Gasteiger partial charge is 0.482 e. The number of carbonyl (C=O) groups is 1. The number of benzene rings is 1. The third-order valence-electron chi connectivity index (χ3n) is 3.91. The number of nitrogens with one attached hydrogen (secondary N) is 1. The quantitative estimate of drug-likeness (QED) is 0.770. The van der Waals surface area contributed by atoms with Gasteiger partial charge in [0.25, 0.3) is 0 Å². The van der Waals surface area contributed by atoms with E-state index in [1.54, 1.807) is 6.92 Å². The molecule has 130 valence electrons. The Bertz CT molecular complexity index is 467. The number of hydrogen-bond acceptors (Lipinski definition) is 5. The molecule has 0 saturated carbocycles. The van der Waals surface area contributed by atoms with Crippen LogP contribution in [0, 0.1) is 0 Å². The van der Waals surface area contributed by atoms with Gasteiger partial charge in [0.2, 0.25) is 0 Å². The summed E-state index contributed by atoms with van der Waals surface area (Å²) < 4.78 is 10.2. The molecule has 23 heavy (non-hydrogen) atoms. The van der Waals surface area contributed by atoms with E-state index in [9.17, 15) is 4.79 Å². The van der Waals surface area contributed by atoms with Crippen molar-refractivity contribution in [2.24, 2.45) is 0 Å². The molecule has 1 aliphatic rings. The fourth-order valence-electron chi connectivity index (χ4n) is 2.73. The maximum absolute atomic E-state index is 11.2. The van der Waals surface area contributed by atoms with Gasteiger partial charge in [-0.15, -0.1) is 12.4 Å². The van der Waals surface area contributed by atoms with Crippen LogP contribution in [0.1, 0.15) is 25.3 Å². The predicted molar refractivity (Wildman–Crippen MR) is 93.2 cm³/mol. The van der Waals surface area contributed by atoms with Gasteiger partial charge in [-0.1, -0.05) is 12.1 Å². The third kappa shape index (κ3) is 6.77. The molecule has 0 radical (unpaired) electrons. The Morgan fingerprint density at radius 2 is 2.09 bits per heavy atom. The molecule has 0 bridgehead atoms. The first-order valence-electron chi connectivity index (χ1n) is 7.98. The molecule has 6 heteroatoms. The van der Waals surface area contributed by atoms with E-state index in [2.05, 4.69) is 22.3 Å². The zero-order chi connectivity index (χ0) is 15.8. The smallest absolute Gasteiger partial charge is 0.344 e. The Hall–Kier alpha value is -1.30. The second-order valence-electron chi connectivity index (χ2n) is 5.60. The van der Waals surface area contributed by atoms with E-state index in [1.807, 2.05) is 19.2 Å². The summed E-state index contributed by atoms with van der Waals surface area (Å²) >= 11 is 0. The molecule has 2 rings (SSSR count). The van der Waals surface area contributed by atoms with Crippen molar-refractivity contribution >= 4 is 18.4 Å². The molecule has 1 N–H and O–H groups in total. The Morgan fingerprint density at radius 3 is 2.74 bits per heavy atom. The maximum Gasteiger partial charge on any atom is 0.344 e. The summed E-state index contributed by atoms with van der Waals surface area (Å²) in [5.74, 6) is 0.363. The van der Waals surface area contributed by atoms with Gasteiger partial charge in [0.15, 0.2) is 6.61 Å². The number of piperidine rings is 1. The zero-order valence-corrected chi connectivity index (χ0v) is 14.7. The van der Waals surface area contributed by atoms with E-state index in [-0.39, 0.29) is 25.0 Å². The van der Waals surface area contributed by atoms with E-state index in [4.69, 9.17) is 9.47 Å². The first kappa shape index (κ1) is 19.7. The Labute approximate surface area is 144 Å². The highest BCUT2D eigenvalue weighted by atomic mass is 35.5. The predicted octanol–water partition coefficient (Wildman–Crippen LogP) is 2.23. The van der Waals surface area contributed by atoms with Crippen LogP contribution >= 0.6 is 12.4 Å². The molecule has 1 atom stereocenters. The van der Waals surface area contributed by atoms with Crippen LogP contribution in [0.3, 0.4) is 0 Å².